The Kier molecular flexibility index (Phi) is 5.67. The van der Waals surface area contributed by atoms with Crippen molar-refractivity contribution in [2.24, 2.45) is 5.10 Å². The molecule has 1 saturated heterocycles. The van der Waals surface area contributed by atoms with Crippen LogP contribution in [-0.2, 0) is 4.79 Å². The Balaban J connectivity index is 1.11. The maximum Gasteiger partial charge on any atom is 0.275 e. The van der Waals surface area contributed by atoms with Crippen molar-refractivity contribution in [2.45, 2.75) is 12.5 Å². The summed E-state index contributed by atoms with van der Waals surface area (Å²) < 4.78 is 5.53. The number of aromatic nitrogens is 2. The minimum absolute atomic E-state index is 0.0528. The fourth-order valence-corrected chi connectivity index (χ4v) is 5.50. The van der Waals surface area contributed by atoms with Crippen molar-refractivity contribution in [3.05, 3.63) is 76.5 Å². The second-order valence-electron chi connectivity index (χ2n) is 8.68. The topological polar surface area (TPSA) is 98.0 Å². The second kappa shape index (κ2) is 9.12. The van der Waals surface area contributed by atoms with E-state index in [1.54, 1.807) is 27.5 Å². The molecule has 1 atom stereocenters. The molecule has 0 aliphatic carbocycles. The van der Waals surface area contributed by atoms with Crippen molar-refractivity contribution in [2.75, 3.05) is 32.7 Å². The molecule has 2 aliphatic heterocycles. The lowest BCUT2D eigenvalue weighted by Gasteiger charge is -2.34. The first-order valence-corrected chi connectivity index (χ1v) is 12.5. The third-order valence-corrected chi connectivity index (χ3v) is 7.51. The van der Waals surface area contributed by atoms with E-state index in [1.165, 1.54) is 0 Å². The molecule has 1 N–H and O–H groups in total. The van der Waals surface area contributed by atoms with Gasteiger partial charge in [0, 0.05) is 42.9 Å². The van der Waals surface area contributed by atoms with E-state index in [2.05, 4.69) is 20.2 Å². The first-order valence-electron chi connectivity index (χ1n) is 11.6. The highest BCUT2D eigenvalue weighted by Crippen LogP contribution is 2.35. The van der Waals surface area contributed by atoms with Crippen LogP contribution in [0.15, 0.2) is 69.7 Å². The molecule has 1 aromatic carbocycles. The average molecular weight is 489 g/mol. The number of hydrazone groups is 1. The van der Waals surface area contributed by atoms with Crippen LogP contribution in [-0.4, -0.2) is 75.3 Å². The van der Waals surface area contributed by atoms with Crippen molar-refractivity contribution in [3.63, 3.8) is 0 Å². The third kappa shape index (κ3) is 4.15. The van der Waals surface area contributed by atoms with Gasteiger partial charge in [-0.1, -0.05) is 24.3 Å². The van der Waals surface area contributed by atoms with E-state index in [0.29, 0.717) is 44.1 Å². The summed E-state index contributed by atoms with van der Waals surface area (Å²) in [5, 5.41) is 16.3. The Morgan fingerprint density at radius 1 is 1.06 bits per heavy atom. The van der Waals surface area contributed by atoms with Gasteiger partial charge in [-0.2, -0.15) is 10.2 Å². The van der Waals surface area contributed by atoms with Crippen LogP contribution in [0.5, 0.6) is 0 Å². The lowest BCUT2D eigenvalue weighted by molar-refractivity contribution is -0.134. The molecule has 9 nitrogen and oxygen atoms in total. The van der Waals surface area contributed by atoms with Gasteiger partial charge in [0.25, 0.3) is 11.8 Å². The number of rotatable bonds is 5. The SMILES string of the molecule is O=C(c1n[nH]c2ccccc12)N1CCN(CC(=O)N2N=C(c3ccco3)C[C@H]2c2cccs2)CC1. The number of carbonyl (C=O) groups is 2. The molecule has 0 spiro atoms. The van der Waals surface area contributed by atoms with Gasteiger partial charge in [-0.3, -0.25) is 19.6 Å². The van der Waals surface area contributed by atoms with Gasteiger partial charge < -0.3 is 9.32 Å². The Bertz CT molecular complexity index is 1370. The fourth-order valence-electron chi connectivity index (χ4n) is 4.68. The van der Waals surface area contributed by atoms with Crippen LogP contribution in [0.2, 0.25) is 0 Å². The van der Waals surface area contributed by atoms with Crippen molar-refractivity contribution < 1.29 is 14.0 Å². The maximum absolute atomic E-state index is 13.3. The molecule has 2 amide bonds. The zero-order valence-corrected chi connectivity index (χ0v) is 19.8. The number of amides is 2. The van der Waals surface area contributed by atoms with E-state index in [9.17, 15) is 9.59 Å². The summed E-state index contributed by atoms with van der Waals surface area (Å²) in [6, 6.07) is 15.2. The molecule has 35 heavy (non-hydrogen) atoms. The summed E-state index contributed by atoms with van der Waals surface area (Å²) in [5.41, 5.74) is 2.07. The average Bonchev–Trinajstić information content (AvgIpc) is 3.69. The van der Waals surface area contributed by atoms with Crippen LogP contribution in [0, 0.1) is 0 Å². The van der Waals surface area contributed by atoms with Crippen LogP contribution in [0.4, 0.5) is 0 Å². The van der Waals surface area contributed by atoms with E-state index in [0.717, 1.165) is 21.5 Å². The maximum atomic E-state index is 13.3. The van der Waals surface area contributed by atoms with Gasteiger partial charge in [0.2, 0.25) is 0 Å². The molecule has 3 aromatic heterocycles. The summed E-state index contributed by atoms with van der Waals surface area (Å²) in [5.74, 6) is 0.557. The Labute approximate surface area is 205 Å². The standard InChI is InChI=1S/C25H24N6O3S/c32-23(31-20(22-8-4-14-35-22)15-19(28-31)21-7-3-13-34-21)16-29-9-11-30(12-10-29)25(33)24-17-5-1-2-6-18(17)26-27-24/h1-8,13-14,20H,9-12,15-16H2,(H,26,27)/t20-/m0/s1. The third-order valence-electron chi connectivity index (χ3n) is 6.53. The van der Waals surface area contributed by atoms with Crippen molar-refractivity contribution in [3.8, 4) is 0 Å². The zero-order chi connectivity index (χ0) is 23.8. The predicted molar refractivity (Wildman–Crippen MR) is 132 cm³/mol. The van der Waals surface area contributed by atoms with Crippen molar-refractivity contribution >= 4 is 39.8 Å². The van der Waals surface area contributed by atoms with Gasteiger partial charge in [0.05, 0.1) is 24.4 Å². The van der Waals surface area contributed by atoms with Crippen LogP contribution in [0.3, 0.4) is 0 Å². The first kappa shape index (κ1) is 21.8. The monoisotopic (exact) mass is 488 g/mol. The number of para-hydroxylation sites is 1. The highest BCUT2D eigenvalue weighted by Gasteiger charge is 2.36. The summed E-state index contributed by atoms with van der Waals surface area (Å²) >= 11 is 1.63. The number of piperazine rings is 1. The number of aromatic amines is 1. The van der Waals surface area contributed by atoms with Gasteiger partial charge in [-0.25, -0.2) is 5.01 Å². The van der Waals surface area contributed by atoms with E-state index in [4.69, 9.17) is 4.42 Å². The summed E-state index contributed by atoms with van der Waals surface area (Å²) in [6.45, 7) is 2.58. The molecule has 4 aromatic rings. The summed E-state index contributed by atoms with van der Waals surface area (Å²) in [6.07, 6.45) is 2.24. The normalized spacial score (nSPS) is 18.9. The number of H-pyrrole nitrogens is 1. The van der Waals surface area contributed by atoms with Gasteiger partial charge >= 0.3 is 0 Å². The lowest BCUT2D eigenvalue weighted by Crippen LogP contribution is -2.51. The molecule has 1 fully saturated rings. The molecule has 0 bridgehead atoms. The number of benzene rings is 1. The molecule has 0 radical (unpaired) electrons. The minimum Gasteiger partial charge on any atom is -0.463 e. The summed E-state index contributed by atoms with van der Waals surface area (Å²) in [7, 11) is 0. The number of fused-ring (bicyclic) bond motifs is 1. The number of furan rings is 1. The molecule has 0 unspecified atom stereocenters. The minimum atomic E-state index is -0.126. The lowest BCUT2D eigenvalue weighted by atomic mass is 10.1. The molecular weight excluding hydrogens is 464 g/mol. The van der Waals surface area contributed by atoms with Crippen molar-refractivity contribution in [1.29, 1.82) is 0 Å². The number of carbonyl (C=O) groups excluding carboxylic acids is 2. The Hall–Kier alpha value is -3.76. The van der Waals surface area contributed by atoms with Gasteiger partial charge in [-0.15, -0.1) is 11.3 Å². The van der Waals surface area contributed by atoms with Crippen molar-refractivity contribution in [1.82, 2.24) is 25.0 Å². The van der Waals surface area contributed by atoms with Gasteiger partial charge in [0.1, 0.15) is 11.5 Å². The van der Waals surface area contributed by atoms with Crippen LogP contribution in [0.25, 0.3) is 10.9 Å². The molecular formula is C25H24N6O3S. The van der Waals surface area contributed by atoms with Gasteiger partial charge in [-0.05, 0) is 29.6 Å². The smallest absolute Gasteiger partial charge is 0.275 e. The van der Waals surface area contributed by atoms with E-state index in [1.807, 2.05) is 53.9 Å². The molecule has 10 heteroatoms. The Morgan fingerprint density at radius 2 is 1.91 bits per heavy atom. The number of nitrogens with one attached hydrogen (secondary N) is 1. The number of hydrogen-bond acceptors (Lipinski definition) is 7. The zero-order valence-electron chi connectivity index (χ0n) is 19.0. The van der Waals surface area contributed by atoms with E-state index >= 15 is 0 Å². The van der Waals surface area contributed by atoms with Crippen LogP contribution < -0.4 is 0 Å². The largest absolute Gasteiger partial charge is 0.463 e. The predicted octanol–water partition coefficient (Wildman–Crippen LogP) is 3.35. The Morgan fingerprint density at radius 3 is 2.69 bits per heavy atom. The highest BCUT2D eigenvalue weighted by molar-refractivity contribution is 7.10. The molecule has 178 valence electrons. The molecule has 5 heterocycles. The fraction of sp³-hybridized carbons (Fsp3) is 0.280. The molecule has 2 aliphatic rings. The quantitative estimate of drug-likeness (QED) is 0.465. The van der Waals surface area contributed by atoms with Crippen LogP contribution in [0.1, 0.15) is 33.6 Å². The number of hydrogen-bond donors (Lipinski definition) is 1. The van der Waals surface area contributed by atoms with Crippen LogP contribution >= 0.6 is 11.3 Å². The number of thiophene rings is 1. The first-order chi connectivity index (χ1) is 17.2. The molecule has 0 saturated carbocycles. The van der Waals surface area contributed by atoms with Gasteiger partial charge in [0.15, 0.2) is 5.69 Å². The molecule has 6 rings (SSSR count). The van der Waals surface area contributed by atoms with E-state index in [-0.39, 0.29) is 24.4 Å². The van der Waals surface area contributed by atoms with E-state index < -0.39 is 0 Å². The second-order valence-corrected chi connectivity index (χ2v) is 9.66. The highest BCUT2D eigenvalue weighted by atomic mass is 32.1. The number of nitrogens with zero attached hydrogens (tertiary/aromatic N) is 5. The summed E-state index contributed by atoms with van der Waals surface area (Å²) in [4.78, 5) is 31.4.